The summed E-state index contributed by atoms with van der Waals surface area (Å²) in [5.41, 5.74) is 1.70. The largest absolute Gasteiger partial charge is 0.414 e. The van der Waals surface area contributed by atoms with Gasteiger partial charge in [-0.3, -0.25) is 0 Å². The zero-order chi connectivity index (χ0) is 23.1. The molecule has 9 heteroatoms. The maximum atomic E-state index is 12.8. The van der Waals surface area contributed by atoms with Crippen molar-refractivity contribution in [2.24, 2.45) is 0 Å². The minimum atomic E-state index is -0.414. The fourth-order valence-electron chi connectivity index (χ4n) is 4.68. The highest BCUT2D eigenvalue weighted by molar-refractivity contribution is 7.19. The Morgan fingerprint density at radius 1 is 1.15 bits per heavy atom. The Kier molecular flexibility index (Phi) is 5.80. The first-order valence-electron chi connectivity index (χ1n) is 11.6. The van der Waals surface area contributed by atoms with Gasteiger partial charge in [-0.2, -0.15) is 0 Å². The molecule has 0 atom stereocenters. The maximum Gasteiger partial charge on any atom is 0.414 e. The van der Waals surface area contributed by atoms with Gasteiger partial charge in [0, 0.05) is 42.7 Å². The summed E-state index contributed by atoms with van der Waals surface area (Å²) in [4.78, 5) is 16.2. The highest BCUT2D eigenvalue weighted by atomic mass is 35.5. The molecule has 4 heterocycles. The van der Waals surface area contributed by atoms with Crippen LogP contribution in [0.25, 0.3) is 21.5 Å². The molecule has 2 fully saturated rings. The molecule has 0 radical (unpaired) electrons. The second-order valence-electron chi connectivity index (χ2n) is 8.99. The third-order valence-corrected chi connectivity index (χ3v) is 7.83. The van der Waals surface area contributed by atoms with Crippen LogP contribution in [0.5, 0.6) is 5.88 Å². The van der Waals surface area contributed by atoms with Crippen molar-refractivity contribution in [2.75, 3.05) is 13.1 Å². The number of fused-ring (bicyclic) bond motifs is 1. The highest BCUT2D eigenvalue weighted by Crippen LogP contribution is 2.33. The van der Waals surface area contributed by atoms with Crippen LogP contribution in [0, 0.1) is 0 Å². The van der Waals surface area contributed by atoms with E-state index in [1.165, 1.54) is 24.2 Å². The van der Waals surface area contributed by atoms with E-state index >= 15 is 0 Å². The minimum Gasteiger partial charge on any atom is -0.393 e. The molecule has 0 spiro atoms. The van der Waals surface area contributed by atoms with Gasteiger partial charge in [-0.05, 0) is 43.9 Å². The summed E-state index contributed by atoms with van der Waals surface area (Å²) in [7, 11) is 0. The van der Waals surface area contributed by atoms with Gasteiger partial charge in [0.15, 0.2) is 5.76 Å². The predicted octanol–water partition coefficient (Wildman–Crippen LogP) is 5.77. The molecule has 1 aliphatic carbocycles. The maximum absolute atomic E-state index is 12.8. The average Bonchev–Trinajstić information content (AvgIpc) is 3.27. The SMILES string of the molecule is O=C(NC1CCN(C2CC2)CC1)Oc1cc2ccccc2n1Cc1cc(-c2ccc(Cl)s2)on1. The number of rotatable bonds is 6. The topological polar surface area (TPSA) is 72.5 Å². The Morgan fingerprint density at radius 2 is 1.97 bits per heavy atom. The van der Waals surface area contributed by atoms with E-state index in [9.17, 15) is 4.79 Å². The number of hydrogen-bond acceptors (Lipinski definition) is 6. The number of benzene rings is 1. The molecule has 0 unspecified atom stereocenters. The van der Waals surface area contributed by atoms with Crippen LogP contribution in [-0.4, -0.2) is 45.9 Å². The van der Waals surface area contributed by atoms with Crippen molar-refractivity contribution in [1.82, 2.24) is 19.9 Å². The van der Waals surface area contributed by atoms with Gasteiger partial charge in [0.25, 0.3) is 0 Å². The van der Waals surface area contributed by atoms with Gasteiger partial charge in [-0.25, -0.2) is 4.79 Å². The van der Waals surface area contributed by atoms with E-state index in [1.807, 2.05) is 53.1 Å². The number of nitrogens with one attached hydrogen (secondary N) is 1. The number of thiophene rings is 1. The van der Waals surface area contributed by atoms with Crippen LogP contribution in [0.4, 0.5) is 4.79 Å². The molecule has 1 saturated heterocycles. The van der Waals surface area contributed by atoms with Crippen molar-refractivity contribution in [3.05, 3.63) is 58.6 Å². The second-order valence-corrected chi connectivity index (χ2v) is 10.7. The van der Waals surface area contributed by atoms with Crippen LogP contribution in [-0.2, 0) is 6.54 Å². The van der Waals surface area contributed by atoms with Gasteiger partial charge in [-0.15, -0.1) is 11.3 Å². The first kappa shape index (κ1) is 21.7. The number of piperidine rings is 1. The molecule has 4 aromatic rings. The fraction of sp³-hybridized carbons (Fsp3) is 0.360. The zero-order valence-electron chi connectivity index (χ0n) is 18.6. The monoisotopic (exact) mass is 496 g/mol. The summed E-state index contributed by atoms with van der Waals surface area (Å²) < 4.78 is 14.0. The molecule has 0 bridgehead atoms. The van der Waals surface area contributed by atoms with E-state index in [4.69, 9.17) is 20.9 Å². The van der Waals surface area contributed by atoms with Crippen molar-refractivity contribution < 1.29 is 14.1 Å². The summed E-state index contributed by atoms with van der Waals surface area (Å²) in [6, 6.07) is 16.4. The van der Waals surface area contributed by atoms with Crippen LogP contribution in [0.2, 0.25) is 4.34 Å². The number of hydrogen-bond donors (Lipinski definition) is 1. The summed E-state index contributed by atoms with van der Waals surface area (Å²) >= 11 is 7.50. The van der Waals surface area contributed by atoms with Crippen molar-refractivity contribution in [2.45, 2.75) is 44.3 Å². The number of halogens is 1. The number of carbonyl (C=O) groups excluding carboxylic acids is 1. The van der Waals surface area contributed by atoms with E-state index in [2.05, 4.69) is 15.4 Å². The van der Waals surface area contributed by atoms with Crippen molar-refractivity contribution in [3.8, 4) is 16.5 Å². The lowest BCUT2D eigenvalue weighted by atomic mass is 10.1. The summed E-state index contributed by atoms with van der Waals surface area (Å²) in [5, 5.41) is 8.29. The molecular formula is C25H25ClN4O3S. The lowest BCUT2D eigenvalue weighted by molar-refractivity contribution is 0.167. The lowest BCUT2D eigenvalue weighted by Gasteiger charge is -2.32. The second kappa shape index (κ2) is 9.09. The first-order valence-corrected chi connectivity index (χ1v) is 12.8. The van der Waals surface area contributed by atoms with Gasteiger partial charge < -0.3 is 24.0 Å². The summed E-state index contributed by atoms with van der Waals surface area (Å²) in [5.74, 6) is 1.15. The van der Waals surface area contributed by atoms with Crippen LogP contribution in [0.1, 0.15) is 31.4 Å². The Morgan fingerprint density at radius 3 is 2.74 bits per heavy atom. The Labute approximate surface area is 206 Å². The Hall–Kier alpha value is -2.81. The number of likely N-dealkylation sites (tertiary alicyclic amines) is 1. The van der Waals surface area contributed by atoms with Crippen molar-refractivity contribution in [1.29, 1.82) is 0 Å². The van der Waals surface area contributed by atoms with Gasteiger partial charge in [0.1, 0.15) is 5.69 Å². The number of carbonyl (C=O) groups is 1. The first-order chi connectivity index (χ1) is 16.6. The molecule has 1 N–H and O–H groups in total. The van der Waals surface area contributed by atoms with E-state index in [-0.39, 0.29) is 6.04 Å². The lowest BCUT2D eigenvalue weighted by Crippen LogP contribution is -2.46. The van der Waals surface area contributed by atoms with Gasteiger partial charge >= 0.3 is 6.09 Å². The highest BCUT2D eigenvalue weighted by Gasteiger charge is 2.32. The van der Waals surface area contributed by atoms with Gasteiger partial charge in [0.05, 0.1) is 21.3 Å². The zero-order valence-corrected chi connectivity index (χ0v) is 20.1. The number of ether oxygens (including phenoxy) is 1. The Bertz CT molecular complexity index is 1320. The van der Waals surface area contributed by atoms with E-state index < -0.39 is 6.09 Å². The normalized spacial score (nSPS) is 17.3. The fourth-order valence-corrected chi connectivity index (χ4v) is 5.68. The number of aromatic nitrogens is 2. The summed E-state index contributed by atoms with van der Waals surface area (Å²) in [6.07, 6.45) is 4.15. The third kappa shape index (κ3) is 4.58. The minimum absolute atomic E-state index is 0.149. The van der Waals surface area contributed by atoms with Crippen molar-refractivity contribution >= 4 is 39.9 Å². The molecule has 6 rings (SSSR count). The van der Waals surface area contributed by atoms with Crippen LogP contribution in [0.3, 0.4) is 0 Å². The van der Waals surface area contributed by atoms with E-state index in [0.717, 1.165) is 53.4 Å². The van der Waals surface area contributed by atoms with Crippen LogP contribution < -0.4 is 10.1 Å². The molecular weight excluding hydrogens is 472 g/mol. The number of nitrogens with zero attached hydrogens (tertiary/aromatic N) is 3. The molecule has 1 saturated carbocycles. The molecule has 3 aromatic heterocycles. The molecule has 1 aromatic carbocycles. The molecule has 176 valence electrons. The smallest absolute Gasteiger partial charge is 0.393 e. The third-order valence-electron chi connectivity index (χ3n) is 6.58. The van der Waals surface area contributed by atoms with Crippen LogP contribution >= 0.6 is 22.9 Å². The number of amides is 1. The number of para-hydroxylation sites is 1. The van der Waals surface area contributed by atoms with Gasteiger partial charge in [0.2, 0.25) is 5.88 Å². The predicted molar refractivity (Wildman–Crippen MR) is 133 cm³/mol. The molecule has 7 nitrogen and oxygen atoms in total. The van der Waals surface area contributed by atoms with Crippen molar-refractivity contribution in [3.63, 3.8) is 0 Å². The Balaban J connectivity index is 1.17. The quantitative estimate of drug-likeness (QED) is 0.366. The average molecular weight is 497 g/mol. The molecule has 1 amide bonds. The molecule has 2 aliphatic rings. The van der Waals surface area contributed by atoms with Gasteiger partial charge in [-0.1, -0.05) is 35.0 Å². The van der Waals surface area contributed by atoms with E-state index in [0.29, 0.717) is 22.5 Å². The molecule has 34 heavy (non-hydrogen) atoms. The summed E-state index contributed by atoms with van der Waals surface area (Å²) in [6.45, 7) is 2.50. The van der Waals surface area contributed by atoms with Crippen LogP contribution in [0.15, 0.2) is 53.1 Å². The molecule has 1 aliphatic heterocycles. The standard InChI is InChI=1S/C25H25ClN4O3S/c26-23-8-7-22(34-23)21-14-18(28-33-21)15-30-20-4-2-1-3-16(20)13-24(30)32-25(31)27-17-9-11-29(12-10-17)19-5-6-19/h1-4,7-8,13-14,17,19H,5-6,9-12,15H2,(H,27,31). The van der Waals surface area contributed by atoms with E-state index in [1.54, 1.807) is 0 Å².